The van der Waals surface area contributed by atoms with Gasteiger partial charge in [-0.25, -0.2) is 13.8 Å². The maximum atomic E-state index is 12.7. The van der Waals surface area contributed by atoms with Crippen molar-refractivity contribution in [3.63, 3.8) is 0 Å². The summed E-state index contributed by atoms with van der Waals surface area (Å²) in [5, 5.41) is 0. The van der Waals surface area contributed by atoms with Crippen LogP contribution in [0.25, 0.3) is 11.2 Å². The van der Waals surface area contributed by atoms with Crippen LogP contribution in [-0.2, 0) is 7.05 Å². The van der Waals surface area contributed by atoms with Gasteiger partial charge in [0.15, 0.2) is 5.65 Å². The van der Waals surface area contributed by atoms with Crippen LogP contribution in [0.1, 0.15) is 12.8 Å². The molecule has 0 radical (unpaired) electrons. The van der Waals surface area contributed by atoms with Crippen molar-refractivity contribution in [2.45, 2.75) is 18.8 Å². The summed E-state index contributed by atoms with van der Waals surface area (Å²) in [6.45, 7) is 0.284. The maximum Gasteiger partial charge on any atom is 0.298 e. The Labute approximate surface area is 103 Å². The van der Waals surface area contributed by atoms with Crippen molar-refractivity contribution in [2.75, 3.05) is 6.61 Å². The number of ether oxygens (including phenoxy) is 1. The van der Waals surface area contributed by atoms with Crippen molar-refractivity contribution in [3.8, 4) is 6.01 Å². The number of hydrogen-bond acceptors (Lipinski definition) is 3. The second kappa shape index (κ2) is 3.90. The van der Waals surface area contributed by atoms with E-state index >= 15 is 0 Å². The van der Waals surface area contributed by atoms with Crippen LogP contribution in [0, 0.1) is 5.92 Å². The van der Waals surface area contributed by atoms with Crippen LogP contribution in [0.15, 0.2) is 18.3 Å². The van der Waals surface area contributed by atoms with Gasteiger partial charge in [0.25, 0.3) is 6.01 Å². The molecular formula is C12H13F2N3O. The number of rotatable bonds is 3. The quantitative estimate of drug-likeness (QED) is 0.843. The van der Waals surface area contributed by atoms with Gasteiger partial charge in [-0.05, 0) is 12.1 Å². The number of hydrogen-bond donors (Lipinski definition) is 0. The first kappa shape index (κ1) is 11.4. The third kappa shape index (κ3) is 1.91. The van der Waals surface area contributed by atoms with Gasteiger partial charge < -0.3 is 4.74 Å². The molecule has 0 spiro atoms. The molecule has 18 heavy (non-hydrogen) atoms. The summed E-state index contributed by atoms with van der Waals surface area (Å²) in [7, 11) is 1.80. The van der Waals surface area contributed by atoms with E-state index in [4.69, 9.17) is 4.74 Å². The molecule has 0 atom stereocenters. The first-order valence-corrected chi connectivity index (χ1v) is 5.83. The molecule has 2 heterocycles. The fourth-order valence-corrected chi connectivity index (χ4v) is 2.23. The molecule has 6 heteroatoms. The van der Waals surface area contributed by atoms with E-state index in [1.165, 1.54) is 0 Å². The van der Waals surface area contributed by atoms with Crippen LogP contribution in [0.3, 0.4) is 0 Å². The highest BCUT2D eigenvalue weighted by Gasteiger charge is 2.45. The molecule has 0 saturated heterocycles. The van der Waals surface area contributed by atoms with E-state index < -0.39 is 5.92 Å². The molecule has 4 nitrogen and oxygen atoms in total. The van der Waals surface area contributed by atoms with Crippen molar-refractivity contribution in [1.82, 2.24) is 14.5 Å². The molecule has 96 valence electrons. The van der Waals surface area contributed by atoms with Crippen LogP contribution in [0.5, 0.6) is 6.01 Å². The molecule has 2 aromatic rings. The Kier molecular flexibility index (Phi) is 2.46. The summed E-state index contributed by atoms with van der Waals surface area (Å²) in [5.41, 5.74) is 1.47. The molecule has 0 unspecified atom stereocenters. The zero-order valence-electron chi connectivity index (χ0n) is 9.94. The van der Waals surface area contributed by atoms with Gasteiger partial charge in [-0.15, -0.1) is 0 Å². The molecule has 0 aliphatic heterocycles. The Morgan fingerprint density at radius 3 is 2.94 bits per heavy atom. The summed E-state index contributed by atoms with van der Waals surface area (Å²) in [6.07, 6.45) is 1.50. The normalized spacial score (nSPS) is 18.8. The van der Waals surface area contributed by atoms with E-state index in [2.05, 4.69) is 9.97 Å². The highest BCUT2D eigenvalue weighted by molar-refractivity contribution is 5.71. The lowest BCUT2D eigenvalue weighted by Crippen LogP contribution is -2.38. The summed E-state index contributed by atoms with van der Waals surface area (Å²) in [4.78, 5) is 8.46. The number of nitrogens with zero attached hydrogens (tertiary/aromatic N) is 3. The molecule has 1 aliphatic carbocycles. The van der Waals surface area contributed by atoms with Gasteiger partial charge in [-0.3, -0.25) is 4.57 Å². The Bertz CT molecular complexity index is 574. The first-order chi connectivity index (χ1) is 8.55. The monoisotopic (exact) mass is 253 g/mol. The Hall–Kier alpha value is -1.72. The van der Waals surface area contributed by atoms with Crippen LogP contribution >= 0.6 is 0 Å². The van der Waals surface area contributed by atoms with Crippen molar-refractivity contribution >= 4 is 11.2 Å². The van der Waals surface area contributed by atoms with E-state index in [1.807, 2.05) is 6.07 Å². The zero-order valence-corrected chi connectivity index (χ0v) is 9.94. The van der Waals surface area contributed by atoms with Crippen molar-refractivity contribution in [2.24, 2.45) is 13.0 Å². The molecule has 0 bridgehead atoms. The molecule has 0 amide bonds. The number of fused-ring (bicyclic) bond motifs is 1. The first-order valence-electron chi connectivity index (χ1n) is 5.83. The van der Waals surface area contributed by atoms with Crippen LogP contribution in [0.2, 0.25) is 0 Å². The molecule has 1 fully saturated rings. The minimum absolute atomic E-state index is 0.0761. The van der Waals surface area contributed by atoms with Gasteiger partial charge in [-0.2, -0.15) is 4.98 Å². The number of pyridine rings is 1. The van der Waals surface area contributed by atoms with Crippen LogP contribution < -0.4 is 4.74 Å². The fraction of sp³-hybridized carbons (Fsp3) is 0.500. The van der Waals surface area contributed by atoms with Gasteiger partial charge in [0.2, 0.25) is 5.92 Å². The summed E-state index contributed by atoms with van der Waals surface area (Å²) >= 11 is 0. The zero-order chi connectivity index (χ0) is 12.8. The molecular weight excluding hydrogens is 240 g/mol. The SMILES string of the molecule is Cn1c(OCC2CC(F)(F)C2)nc2cccnc21. The third-order valence-electron chi connectivity index (χ3n) is 3.21. The van der Waals surface area contributed by atoms with Gasteiger partial charge in [0, 0.05) is 32.0 Å². The highest BCUT2D eigenvalue weighted by Crippen LogP contribution is 2.42. The van der Waals surface area contributed by atoms with Gasteiger partial charge >= 0.3 is 0 Å². The molecule has 0 N–H and O–H groups in total. The molecule has 0 aromatic carbocycles. The lowest BCUT2D eigenvalue weighted by Gasteiger charge is -2.34. The topological polar surface area (TPSA) is 39.9 Å². The van der Waals surface area contributed by atoms with Crippen molar-refractivity contribution < 1.29 is 13.5 Å². The van der Waals surface area contributed by atoms with E-state index in [0.29, 0.717) is 6.01 Å². The van der Waals surface area contributed by atoms with Gasteiger partial charge in [-0.1, -0.05) is 0 Å². The maximum absolute atomic E-state index is 12.7. The average Bonchev–Trinajstić information content (AvgIpc) is 2.62. The minimum Gasteiger partial charge on any atom is -0.464 e. The predicted octanol–water partition coefficient (Wildman–Crippen LogP) is 2.39. The van der Waals surface area contributed by atoms with E-state index in [0.717, 1.165) is 11.2 Å². The van der Waals surface area contributed by atoms with Crippen LogP contribution in [-0.4, -0.2) is 27.1 Å². The lowest BCUT2D eigenvalue weighted by atomic mass is 9.82. The summed E-state index contributed by atoms with van der Waals surface area (Å²) in [6, 6.07) is 4.07. The fourth-order valence-electron chi connectivity index (χ4n) is 2.23. The molecule has 3 rings (SSSR count). The van der Waals surface area contributed by atoms with Gasteiger partial charge in [0.1, 0.15) is 5.52 Å². The van der Waals surface area contributed by atoms with E-state index in [9.17, 15) is 8.78 Å². The molecule has 1 saturated carbocycles. The minimum atomic E-state index is -2.50. The highest BCUT2D eigenvalue weighted by atomic mass is 19.3. The van der Waals surface area contributed by atoms with E-state index in [-0.39, 0.29) is 25.4 Å². The predicted molar refractivity (Wildman–Crippen MR) is 61.7 cm³/mol. The summed E-state index contributed by atoms with van der Waals surface area (Å²) < 4.78 is 32.6. The van der Waals surface area contributed by atoms with Gasteiger partial charge in [0.05, 0.1) is 6.61 Å². The largest absolute Gasteiger partial charge is 0.464 e. The summed E-state index contributed by atoms with van der Waals surface area (Å²) in [5.74, 6) is -2.57. The van der Waals surface area contributed by atoms with E-state index in [1.54, 1.807) is 23.9 Å². The Balaban J connectivity index is 1.70. The number of halogens is 2. The third-order valence-corrected chi connectivity index (χ3v) is 3.21. The number of aromatic nitrogens is 3. The molecule has 1 aliphatic rings. The number of aryl methyl sites for hydroxylation is 1. The van der Waals surface area contributed by atoms with Crippen LogP contribution in [0.4, 0.5) is 8.78 Å². The number of imidazole rings is 1. The molecule has 2 aromatic heterocycles. The van der Waals surface area contributed by atoms with Crippen molar-refractivity contribution in [3.05, 3.63) is 18.3 Å². The average molecular weight is 253 g/mol. The standard InChI is InChI=1S/C12H13F2N3O/c1-17-10-9(3-2-4-15-10)16-11(17)18-7-8-5-12(13,14)6-8/h2-4,8H,5-7H2,1H3. The second-order valence-electron chi connectivity index (χ2n) is 4.74. The lowest BCUT2D eigenvalue weighted by molar-refractivity contribution is -0.119. The number of alkyl halides is 2. The van der Waals surface area contributed by atoms with Crippen molar-refractivity contribution in [1.29, 1.82) is 0 Å². The Morgan fingerprint density at radius 1 is 1.50 bits per heavy atom. The Morgan fingerprint density at radius 2 is 2.28 bits per heavy atom. The second-order valence-corrected chi connectivity index (χ2v) is 4.74. The smallest absolute Gasteiger partial charge is 0.298 e.